The number of aromatic nitrogens is 3. The lowest BCUT2D eigenvalue weighted by atomic mass is 10.1. The van der Waals surface area contributed by atoms with Crippen LogP contribution < -0.4 is 5.73 Å². The van der Waals surface area contributed by atoms with E-state index in [2.05, 4.69) is 41.3 Å². The Balaban J connectivity index is 2.25. The number of hydrogen-bond donors (Lipinski definition) is 2. The first kappa shape index (κ1) is 9.96. The van der Waals surface area contributed by atoms with Crippen LogP contribution in [0.1, 0.15) is 5.56 Å². The van der Waals surface area contributed by atoms with E-state index in [1.54, 1.807) is 4.68 Å². The van der Waals surface area contributed by atoms with Gasteiger partial charge in [0.15, 0.2) is 0 Å². The fraction of sp³-hybridized carbons (Fsp3) is 0.154. The molecule has 4 nitrogen and oxygen atoms in total. The summed E-state index contributed by atoms with van der Waals surface area (Å²) >= 11 is 0. The molecule has 0 saturated carbocycles. The molecule has 0 atom stereocenters. The summed E-state index contributed by atoms with van der Waals surface area (Å²) in [7, 11) is 1.89. The van der Waals surface area contributed by atoms with Gasteiger partial charge in [-0.25, -0.2) is 0 Å². The summed E-state index contributed by atoms with van der Waals surface area (Å²) in [4.78, 5) is 3.39. The van der Waals surface area contributed by atoms with Crippen molar-refractivity contribution in [3.63, 3.8) is 0 Å². The summed E-state index contributed by atoms with van der Waals surface area (Å²) in [6.07, 6.45) is 0. The molecule has 0 radical (unpaired) electrons. The molecule has 0 aliphatic carbocycles. The highest BCUT2D eigenvalue weighted by Crippen LogP contribution is 2.26. The average molecular weight is 226 g/mol. The van der Waals surface area contributed by atoms with Crippen LogP contribution in [0, 0.1) is 6.92 Å². The van der Waals surface area contributed by atoms with Crippen LogP contribution in [-0.2, 0) is 7.05 Å². The topological polar surface area (TPSA) is 59.6 Å². The quantitative estimate of drug-likeness (QED) is 0.669. The number of rotatable bonds is 1. The first-order valence-electron chi connectivity index (χ1n) is 5.53. The second-order valence-electron chi connectivity index (χ2n) is 4.30. The van der Waals surface area contributed by atoms with Crippen molar-refractivity contribution in [1.82, 2.24) is 14.8 Å². The van der Waals surface area contributed by atoms with Crippen molar-refractivity contribution in [1.29, 1.82) is 0 Å². The van der Waals surface area contributed by atoms with Crippen LogP contribution in [0.2, 0.25) is 0 Å². The van der Waals surface area contributed by atoms with Gasteiger partial charge in [0.25, 0.3) is 0 Å². The van der Waals surface area contributed by atoms with Gasteiger partial charge in [0.1, 0.15) is 5.82 Å². The molecule has 17 heavy (non-hydrogen) atoms. The Kier molecular flexibility index (Phi) is 1.98. The zero-order chi connectivity index (χ0) is 12.0. The van der Waals surface area contributed by atoms with Crippen LogP contribution in [0.15, 0.2) is 30.3 Å². The van der Waals surface area contributed by atoms with E-state index in [0.29, 0.717) is 5.82 Å². The summed E-state index contributed by atoms with van der Waals surface area (Å²) in [5.74, 6) is 0.540. The molecular formula is C13H14N4. The number of anilines is 1. The third-order valence-corrected chi connectivity index (χ3v) is 3.06. The molecule has 0 bridgehead atoms. The maximum absolute atomic E-state index is 5.70. The monoisotopic (exact) mass is 226 g/mol. The third-order valence-electron chi connectivity index (χ3n) is 3.06. The van der Waals surface area contributed by atoms with Gasteiger partial charge in [-0.1, -0.05) is 12.1 Å². The fourth-order valence-corrected chi connectivity index (χ4v) is 2.19. The molecular weight excluding hydrogens is 212 g/mol. The number of hydrogen-bond acceptors (Lipinski definition) is 2. The molecule has 0 unspecified atom stereocenters. The number of nitrogens with zero attached hydrogens (tertiary/aromatic N) is 2. The molecule has 2 aromatic heterocycles. The lowest BCUT2D eigenvalue weighted by Crippen LogP contribution is -1.94. The van der Waals surface area contributed by atoms with E-state index >= 15 is 0 Å². The van der Waals surface area contributed by atoms with Gasteiger partial charge in [-0.15, -0.1) is 0 Å². The molecule has 0 aliphatic heterocycles. The van der Waals surface area contributed by atoms with E-state index in [9.17, 15) is 0 Å². The minimum absolute atomic E-state index is 0.540. The molecule has 0 spiro atoms. The van der Waals surface area contributed by atoms with E-state index in [1.807, 2.05) is 13.1 Å². The van der Waals surface area contributed by atoms with E-state index in [4.69, 9.17) is 5.73 Å². The van der Waals surface area contributed by atoms with Crippen LogP contribution >= 0.6 is 0 Å². The smallest absolute Gasteiger partial charge is 0.146 e. The van der Waals surface area contributed by atoms with Crippen molar-refractivity contribution in [2.75, 3.05) is 5.73 Å². The molecule has 0 fully saturated rings. The van der Waals surface area contributed by atoms with Crippen molar-refractivity contribution in [3.8, 4) is 11.4 Å². The van der Waals surface area contributed by atoms with Gasteiger partial charge in [-0.2, -0.15) is 5.10 Å². The highest BCUT2D eigenvalue weighted by atomic mass is 15.3. The van der Waals surface area contributed by atoms with E-state index in [-0.39, 0.29) is 0 Å². The molecule has 3 aromatic rings. The van der Waals surface area contributed by atoms with Crippen LogP contribution in [-0.4, -0.2) is 14.8 Å². The molecule has 0 amide bonds. The van der Waals surface area contributed by atoms with E-state index < -0.39 is 0 Å². The van der Waals surface area contributed by atoms with Crippen LogP contribution in [0.4, 0.5) is 5.82 Å². The predicted octanol–water partition coefficient (Wildman–Crippen LogP) is 2.46. The Morgan fingerprint density at radius 2 is 2.12 bits per heavy atom. The fourth-order valence-electron chi connectivity index (χ4n) is 2.19. The zero-order valence-corrected chi connectivity index (χ0v) is 9.86. The number of nitrogens with one attached hydrogen (secondary N) is 1. The average Bonchev–Trinajstić information content (AvgIpc) is 2.82. The zero-order valence-electron chi connectivity index (χ0n) is 9.86. The molecule has 2 heterocycles. The first-order valence-corrected chi connectivity index (χ1v) is 5.53. The molecule has 4 heteroatoms. The normalized spacial score (nSPS) is 11.2. The standard InChI is InChI=1S/C13H14N4/c1-8-4-3-5-10-9(8)6-11(15-10)12-7-13(14)16-17(12)2/h3-7,15H,1-2H3,(H2,14,16). The van der Waals surface area contributed by atoms with Crippen LogP contribution in [0.5, 0.6) is 0 Å². The van der Waals surface area contributed by atoms with Gasteiger partial charge in [0.05, 0.1) is 11.4 Å². The Bertz CT molecular complexity index is 691. The molecule has 3 N–H and O–H groups in total. The summed E-state index contributed by atoms with van der Waals surface area (Å²) in [6.45, 7) is 2.11. The summed E-state index contributed by atoms with van der Waals surface area (Å²) in [6, 6.07) is 10.2. The SMILES string of the molecule is Cc1cccc2[nH]c(-c3cc(N)nn3C)cc12. The van der Waals surface area contributed by atoms with Gasteiger partial charge in [-0.3, -0.25) is 4.68 Å². The van der Waals surface area contributed by atoms with Gasteiger partial charge < -0.3 is 10.7 Å². The number of nitrogen functional groups attached to an aromatic ring is 1. The Labute approximate surface area is 99.1 Å². The lowest BCUT2D eigenvalue weighted by molar-refractivity contribution is 0.778. The number of nitrogens with two attached hydrogens (primary N) is 1. The maximum Gasteiger partial charge on any atom is 0.146 e. The Morgan fingerprint density at radius 1 is 1.29 bits per heavy atom. The van der Waals surface area contributed by atoms with Gasteiger partial charge >= 0.3 is 0 Å². The Morgan fingerprint density at radius 3 is 2.76 bits per heavy atom. The Hall–Kier alpha value is -2.23. The predicted molar refractivity (Wildman–Crippen MR) is 69.7 cm³/mol. The van der Waals surface area contributed by atoms with Crippen LogP contribution in [0.25, 0.3) is 22.3 Å². The van der Waals surface area contributed by atoms with Crippen molar-refractivity contribution >= 4 is 16.7 Å². The summed E-state index contributed by atoms with van der Waals surface area (Å²) in [5.41, 5.74) is 10.1. The molecule has 0 aliphatic rings. The molecule has 0 saturated heterocycles. The van der Waals surface area contributed by atoms with Gasteiger partial charge in [-0.05, 0) is 24.6 Å². The number of aryl methyl sites for hydroxylation is 2. The minimum atomic E-state index is 0.540. The van der Waals surface area contributed by atoms with Crippen molar-refractivity contribution in [2.45, 2.75) is 6.92 Å². The maximum atomic E-state index is 5.70. The first-order chi connectivity index (χ1) is 8.15. The van der Waals surface area contributed by atoms with Crippen LogP contribution in [0.3, 0.4) is 0 Å². The van der Waals surface area contributed by atoms with Crippen molar-refractivity contribution in [3.05, 3.63) is 35.9 Å². The van der Waals surface area contributed by atoms with Gasteiger partial charge in [0.2, 0.25) is 0 Å². The number of H-pyrrole nitrogens is 1. The highest BCUT2D eigenvalue weighted by molar-refractivity contribution is 5.88. The minimum Gasteiger partial charge on any atom is -0.382 e. The van der Waals surface area contributed by atoms with E-state index in [0.717, 1.165) is 16.9 Å². The number of aromatic amines is 1. The second kappa shape index (κ2) is 3.38. The third kappa shape index (κ3) is 1.49. The molecule has 86 valence electrons. The van der Waals surface area contributed by atoms with E-state index in [1.165, 1.54) is 10.9 Å². The summed E-state index contributed by atoms with van der Waals surface area (Å²) < 4.78 is 1.79. The summed E-state index contributed by atoms with van der Waals surface area (Å²) in [5, 5.41) is 5.39. The largest absolute Gasteiger partial charge is 0.382 e. The molecule has 3 rings (SSSR count). The second-order valence-corrected chi connectivity index (χ2v) is 4.30. The van der Waals surface area contributed by atoms with Crippen molar-refractivity contribution < 1.29 is 0 Å². The lowest BCUT2D eigenvalue weighted by Gasteiger charge is -1.96. The van der Waals surface area contributed by atoms with Crippen molar-refractivity contribution in [2.24, 2.45) is 7.05 Å². The number of fused-ring (bicyclic) bond motifs is 1. The van der Waals surface area contributed by atoms with Gasteiger partial charge in [0, 0.05) is 24.0 Å². The number of benzene rings is 1. The highest BCUT2D eigenvalue weighted by Gasteiger charge is 2.09. The molecule has 1 aromatic carbocycles.